The Morgan fingerprint density at radius 2 is 1.83 bits per heavy atom. The van der Waals surface area contributed by atoms with Crippen LogP contribution in [-0.2, 0) is 10.0 Å². The van der Waals surface area contributed by atoms with Crippen LogP contribution in [0.3, 0.4) is 0 Å². The van der Waals surface area contributed by atoms with Crippen molar-refractivity contribution in [1.29, 1.82) is 0 Å². The van der Waals surface area contributed by atoms with E-state index >= 15 is 0 Å². The minimum absolute atomic E-state index is 0.158. The lowest BCUT2D eigenvalue weighted by Gasteiger charge is -2.22. The van der Waals surface area contributed by atoms with E-state index in [1.54, 1.807) is 24.5 Å². The number of likely N-dealkylation sites (N-methyl/N-ethyl adjacent to an activating group) is 1. The topological polar surface area (TPSA) is 62.6 Å². The molecule has 2 rings (SSSR count). The summed E-state index contributed by atoms with van der Waals surface area (Å²) in [4.78, 5) is 2.21. The van der Waals surface area contributed by atoms with Crippen LogP contribution in [0.15, 0.2) is 52.0 Å². The molecule has 1 aromatic carbocycles. The van der Waals surface area contributed by atoms with Crippen LogP contribution < -0.4 is 4.72 Å². The number of hydrogen-bond acceptors (Lipinski definition) is 4. The smallest absolute Gasteiger partial charge is 0.240 e. The summed E-state index contributed by atoms with van der Waals surface area (Å²) in [5.74, 6) is 1.15. The lowest BCUT2D eigenvalue weighted by molar-refractivity contribution is 0.259. The fourth-order valence-electron chi connectivity index (χ4n) is 2.50. The monoisotopic (exact) mass is 350 g/mol. The van der Waals surface area contributed by atoms with Gasteiger partial charge in [-0.15, -0.1) is 0 Å². The summed E-state index contributed by atoms with van der Waals surface area (Å²) in [5, 5.41) is 0. The molecule has 2 atom stereocenters. The second-order valence-corrected chi connectivity index (χ2v) is 7.99. The molecule has 0 aliphatic rings. The second-order valence-electron chi connectivity index (χ2n) is 6.23. The Morgan fingerprint density at radius 1 is 1.17 bits per heavy atom. The fourth-order valence-corrected chi connectivity index (χ4v) is 3.54. The van der Waals surface area contributed by atoms with Gasteiger partial charge in [-0.05, 0) is 56.3 Å². The third-order valence-corrected chi connectivity index (χ3v) is 5.77. The molecule has 0 aliphatic heterocycles. The van der Waals surface area contributed by atoms with Gasteiger partial charge in [0.2, 0.25) is 10.0 Å². The van der Waals surface area contributed by atoms with Crippen molar-refractivity contribution in [1.82, 2.24) is 9.62 Å². The molecule has 24 heavy (non-hydrogen) atoms. The van der Waals surface area contributed by atoms with Crippen molar-refractivity contribution in [3.8, 4) is 0 Å². The molecule has 0 radical (unpaired) electrons. The predicted molar refractivity (Wildman–Crippen MR) is 95.5 cm³/mol. The Labute approximate surface area is 144 Å². The quantitative estimate of drug-likeness (QED) is 0.793. The summed E-state index contributed by atoms with van der Waals surface area (Å²) in [5.41, 5.74) is 1.15. The first-order chi connectivity index (χ1) is 11.3. The maximum Gasteiger partial charge on any atom is 0.240 e. The van der Waals surface area contributed by atoms with Gasteiger partial charge in [0.15, 0.2) is 0 Å². The minimum atomic E-state index is -3.55. The zero-order valence-corrected chi connectivity index (χ0v) is 15.5. The van der Waals surface area contributed by atoms with Crippen molar-refractivity contribution >= 4 is 10.0 Å². The van der Waals surface area contributed by atoms with Crippen molar-refractivity contribution in [2.45, 2.75) is 37.1 Å². The van der Waals surface area contributed by atoms with Crippen molar-refractivity contribution in [3.05, 3.63) is 54.0 Å². The highest BCUT2D eigenvalue weighted by atomic mass is 32.2. The Balaban J connectivity index is 2.10. The van der Waals surface area contributed by atoms with E-state index in [0.717, 1.165) is 17.7 Å². The number of rotatable bonds is 8. The highest BCUT2D eigenvalue weighted by Crippen LogP contribution is 2.21. The number of furan rings is 1. The van der Waals surface area contributed by atoms with Crippen LogP contribution in [0.5, 0.6) is 0 Å². The molecule has 0 spiro atoms. The summed E-state index contributed by atoms with van der Waals surface area (Å²) in [6.45, 7) is 4.50. The van der Waals surface area contributed by atoms with Crippen LogP contribution in [0.4, 0.5) is 0 Å². The van der Waals surface area contributed by atoms with Gasteiger partial charge >= 0.3 is 0 Å². The fraction of sp³-hybridized carbons (Fsp3) is 0.444. The Kier molecular flexibility index (Phi) is 6.21. The normalized spacial score (nSPS) is 14.7. The predicted octanol–water partition coefficient (Wildman–Crippen LogP) is 3.37. The van der Waals surface area contributed by atoms with Gasteiger partial charge in [0.05, 0.1) is 17.2 Å². The van der Waals surface area contributed by atoms with Crippen LogP contribution in [0.2, 0.25) is 0 Å². The molecule has 2 unspecified atom stereocenters. The molecular formula is C18H26N2O3S. The van der Waals surface area contributed by atoms with E-state index in [-0.39, 0.29) is 17.5 Å². The molecule has 0 amide bonds. The van der Waals surface area contributed by atoms with E-state index in [9.17, 15) is 8.42 Å². The molecule has 132 valence electrons. The molecular weight excluding hydrogens is 324 g/mol. The van der Waals surface area contributed by atoms with E-state index < -0.39 is 10.0 Å². The summed E-state index contributed by atoms with van der Waals surface area (Å²) >= 11 is 0. The standard InChI is InChI=1S/C18H26N2O3S/c1-5-14(2)15-8-10-16(11-9-15)24(21,22)19-13-17(20(3)4)18-7-6-12-23-18/h6-12,14,17,19H,5,13H2,1-4H3. The first-order valence-corrected chi connectivity index (χ1v) is 9.63. The molecule has 1 N–H and O–H groups in total. The van der Waals surface area contributed by atoms with Gasteiger partial charge in [-0.1, -0.05) is 26.0 Å². The largest absolute Gasteiger partial charge is 0.468 e. The number of nitrogens with one attached hydrogen (secondary N) is 1. The molecule has 2 aromatic rings. The lowest BCUT2D eigenvalue weighted by Crippen LogP contribution is -2.34. The average molecular weight is 350 g/mol. The van der Waals surface area contributed by atoms with Gasteiger partial charge in [-0.25, -0.2) is 13.1 Å². The van der Waals surface area contributed by atoms with Crippen molar-refractivity contribution < 1.29 is 12.8 Å². The Morgan fingerprint density at radius 3 is 2.33 bits per heavy atom. The third-order valence-electron chi connectivity index (χ3n) is 4.33. The van der Waals surface area contributed by atoms with Gasteiger partial charge in [0.25, 0.3) is 0 Å². The van der Waals surface area contributed by atoms with Gasteiger partial charge < -0.3 is 4.42 Å². The van der Waals surface area contributed by atoms with Gasteiger partial charge in [0.1, 0.15) is 5.76 Å². The SMILES string of the molecule is CCC(C)c1ccc(S(=O)(=O)NCC(c2ccco2)N(C)C)cc1. The number of benzene rings is 1. The van der Waals surface area contributed by atoms with Crippen LogP contribution in [0.1, 0.15) is 43.6 Å². The zero-order chi connectivity index (χ0) is 17.7. The highest BCUT2D eigenvalue weighted by molar-refractivity contribution is 7.89. The van der Waals surface area contributed by atoms with Crippen LogP contribution in [0, 0.1) is 0 Å². The van der Waals surface area contributed by atoms with Crippen molar-refractivity contribution in [2.75, 3.05) is 20.6 Å². The van der Waals surface area contributed by atoms with Crippen molar-refractivity contribution in [2.24, 2.45) is 0 Å². The van der Waals surface area contributed by atoms with Gasteiger partial charge in [-0.2, -0.15) is 0 Å². The summed E-state index contributed by atoms with van der Waals surface area (Å²) in [6.07, 6.45) is 2.62. The lowest BCUT2D eigenvalue weighted by atomic mass is 9.99. The number of sulfonamides is 1. The first kappa shape index (κ1) is 18.7. The van der Waals surface area contributed by atoms with E-state index in [2.05, 4.69) is 18.6 Å². The maximum absolute atomic E-state index is 12.5. The molecule has 0 fully saturated rings. The molecule has 1 aromatic heterocycles. The minimum Gasteiger partial charge on any atom is -0.468 e. The van der Waals surface area contributed by atoms with Crippen LogP contribution in [0.25, 0.3) is 0 Å². The van der Waals surface area contributed by atoms with E-state index in [1.807, 2.05) is 37.2 Å². The molecule has 0 saturated heterocycles. The molecule has 0 bridgehead atoms. The number of nitrogens with zero attached hydrogens (tertiary/aromatic N) is 1. The summed E-state index contributed by atoms with van der Waals surface area (Å²) in [7, 11) is 0.235. The molecule has 1 heterocycles. The summed E-state index contributed by atoms with van der Waals surface area (Å²) in [6, 6.07) is 10.6. The summed E-state index contributed by atoms with van der Waals surface area (Å²) < 4.78 is 33.1. The van der Waals surface area contributed by atoms with Gasteiger partial charge in [0, 0.05) is 6.54 Å². The molecule has 6 heteroatoms. The Bertz CT molecular complexity index is 722. The van der Waals surface area contributed by atoms with E-state index in [4.69, 9.17) is 4.42 Å². The van der Waals surface area contributed by atoms with E-state index in [1.165, 1.54) is 0 Å². The Hall–Kier alpha value is -1.63. The number of hydrogen-bond donors (Lipinski definition) is 1. The van der Waals surface area contributed by atoms with Crippen LogP contribution >= 0.6 is 0 Å². The third kappa shape index (κ3) is 4.47. The molecule has 0 aliphatic carbocycles. The highest BCUT2D eigenvalue weighted by Gasteiger charge is 2.21. The second kappa shape index (κ2) is 7.96. The van der Waals surface area contributed by atoms with Crippen LogP contribution in [-0.4, -0.2) is 34.0 Å². The average Bonchev–Trinajstić information content (AvgIpc) is 3.08. The van der Waals surface area contributed by atoms with Gasteiger partial charge in [-0.3, -0.25) is 4.90 Å². The van der Waals surface area contributed by atoms with Crippen molar-refractivity contribution in [3.63, 3.8) is 0 Å². The molecule has 5 nitrogen and oxygen atoms in total. The molecule has 0 saturated carbocycles. The zero-order valence-electron chi connectivity index (χ0n) is 14.7. The maximum atomic E-state index is 12.5. The first-order valence-electron chi connectivity index (χ1n) is 8.14. The van der Waals surface area contributed by atoms with E-state index in [0.29, 0.717) is 5.92 Å².